The van der Waals surface area contributed by atoms with Crippen LogP contribution in [0.3, 0.4) is 0 Å². The lowest BCUT2D eigenvalue weighted by molar-refractivity contribution is -0.0502. The van der Waals surface area contributed by atoms with Crippen LogP contribution >= 0.6 is 0 Å². The first kappa shape index (κ1) is 19.9. The number of rotatable bonds is 3. The molecule has 29 heavy (non-hydrogen) atoms. The Morgan fingerprint density at radius 2 is 1.76 bits per heavy atom. The molecule has 0 radical (unpaired) electrons. The number of nitrogens with zero attached hydrogens (tertiary/aromatic N) is 3. The summed E-state index contributed by atoms with van der Waals surface area (Å²) in [4.78, 5) is 14.6. The number of imidazole rings is 1. The van der Waals surface area contributed by atoms with Crippen molar-refractivity contribution in [3.8, 4) is 0 Å². The van der Waals surface area contributed by atoms with Gasteiger partial charge in [-0.15, -0.1) is 0 Å². The van der Waals surface area contributed by atoms with Crippen LogP contribution in [0.5, 0.6) is 0 Å². The molecule has 0 spiro atoms. The Bertz CT molecular complexity index is 1130. The van der Waals surface area contributed by atoms with Crippen molar-refractivity contribution in [2.45, 2.75) is 51.8 Å². The number of hydrogen-bond acceptors (Lipinski definition) is 3. The highest BCUT2D eigenvalue weighted by atomic mass is 16.3. The van der Waals surface area contributed by atoms with Gasteiger partial charge in [0.15, 0.2) is 0 Å². The number of aryl methyl sites for hydroxylation is 4. The summed E-state index contributed by atoms with van der Waals surface area (Å²) < 4.78 is 3.39. The molecule has 5 heteroatoms. The number of aliphatic hydroxyl groups is 1. The highest BCUT2D eigenvalue weighted by Gasteiger charge is 2.37. The van der Waals surface area contributed by atoms with Gasteiger partial charge in [0.1, 0.15) is 0 Å². The van der Waals surface area contributed by atoms with Gasteiger partial charge in [-0.2, -0.15) is 0 Å². The van der Waals surface area contributed by atoms with Crippen molar-refractivity contribution < 1.29 is 5.11 Å². The fourth-order valence-corrected chi connectivity index (χ4v) is 4.68. The molecule has 1 aliphatic heterocycles. The maximum Gasteiger partial charge on any atom is 0.328 e. The zero-order valence-corrected chi connectivity index (χ0v) is 18.1. The van der Waals surface area contributed by atoms with E-state index in [1.165, 1.54) is 16.7 Å². The van der Waals surface area contributed by atoms with E-state index < -0.39 is 5.60 Å². The summed E-state index contributed by atoms with van der Waals surface area (Å²) in [5.41, 5.74) is 5.88. The third-order valence-corrected chi connectivity index (χ3v) is 6.84. The Hall–Kier alpha value is -2.37. The first-order valence-corrected chi connectivity index (χ1v) is 10.4. The molecule has 0 unspecified atom stereocenters. The molecule has 1 aliphatic rings. The van der Waals surface area contributed by atoms with Gasteiger partial charge in [0.05, 0.1) is 16.6 Å². The van der Waals surface area contributed by atoms with E-state index in [4.69, 9.17) is 0 Å². The maximum atomic E-state index is 12.2. The van der Waals surface area contributed by atoms with Crippen LogP contribution in [0.4, 0.5) is 0 Å². The Morgan fingerprint density at radius 1 is 1.03 bits per heavy atom. The SMILES string of the molecule is Cc1ccc([C@]2(O)CCN(Cc3ccc4c(c3)n(C)c(=O)n4C)[C@H](C)C2)cc1C. The topological polar surface area (TPSA) is 50.4 Å². The summed E-state index contributed by atoms with van der Waals surface area (Å²) in [5.74, 6) is 0. The summed E-state index contributed by atoms with van der Waals surface area (Å²) >= 11 is 0. The van der Waals surface area contributed by atoms with Crippen LogP contribution in [0.1, 0.15) is 42.0 Å². The molecular formula is C24H31N3O2. The van der Waals surface area contributed by atoms with E-state index in [0.717, 1.165) is 42.5 Å². The largest absolute Gasteiger partial charge is 0.385 e. The molecule has 4 rings (SSSR count). The lowest BCUT2D eigenvalue weighted by Gasteiger charge is -2.43. The summed E-state index contributed by atoms with van der Waals surface area (Å²) in [5, 5.41) is 11.4. The first-order chi connectivity index (χ1) is 13.7. The Labute approximate surface area is 172 Å². The second-order valence-electron chi connectivity index (χ2n) is 8.83. The monoisotopic (exact) mass is 393 g/mol. The number of benzene rings is 2. The van der Waals surface area contributed by atoms with Gasteiger partial charge in [-0.25, -0.2) is 4.79 Å². The number of aromatic nitrogens is 2. The standard InChI is InChI=1S/C24H31N3O2/c1-16-6-8-20(12-17(16)2)24(29)10-11-27(18(3)14-24)15-19-7-9-21-22(13-19)26(5)23(28)25(21)4/h6-9,12-13,18,29H,10-11,14-15H2,1-5H3/t18-,24+/m1/s1. The van der Waals surface area contributed by atoms with E-state index in [1.54, 1.807) is 9.13 Å². The van der Waals surface area contributed by atoms with Gasteiger partial charge in [-0.05, 0) is 68.0 Å². The Kier molecular flexibility index (Phi) is 4.91. The molecule has 154 valence electrons. The fourth-order valence-electron chi connectivity index (χ4n) is 4.68. The van der Waals surface area contributed by atoms with Crippen molar-refractivity contribution in [1.29, 1.82) is 0 Å². The summed E-state index contributed by atoms with van der Waals surface area (Å²) in [6.07, 6.45) is 1.45. The first-order valence-electron chi connectivity index (χ1n) is 10.4. The van der Waals surface area contributed by atoms with Gasteiger partial charge >= 0.3 is 5.69 Å². The molecule has 5 nitrogen and oxygen atoms in total. The maximum absolute atomic E-state index is 12.2. The highest BCUT2D eigenvalue weighted by Crippen LogP contribution is 2.37. The van der Waals surface area contributed by atoms with Crippen molar-refractivity contribution in [3.05, 3.63) is 69.1 Å². The van der Waals surface area contributed by atoms with Gasteiger partial charge < -0.3 is 5.11 Å². The van der Waals surface area contributed by atoms with Crippen LogP contribution in [0.2, 0.25) is 0 Å². The van der Waals surface area contributed by atoms with Crippen LogP contribution in [0, 0.1) is 13.8 Å². The van der Waals surface area contributed by atoms with Crippen LogP contribution in [0.25, 0.3) is 11.0 Å². The smallest absolute Gasteiger partial charge is 0.328 e. The van der Waals surface area contributed by atoms with E-state index >= 15 is 0 Å². The predicted molar refractivity (Wildman–Crippen MR) is 117 cm³/mol. The molecule has 2 atom stereocenters. The van der Waals surface area contributed by atoms with Crippen molar-refractivity contribution in [1.82, 2.24) is 14.0 Å². The van der Waals surface area contributed by atoms with Crippen molar-refractivity contribution in [2.75, 3.05) is 6.54 Å². The zero-order valence-electron chi connectivity index (χ0n) is 18.1. The Balaban J connectivity index is 1.53. The third-order valence-electron chi connectivity index (χ3n) is 6.84. The van der Waals surface area contributed by atoms with Crippen LogP contribution in [-0.4, -0.2) is 31.7 Å². The van der Waals surface area contributed by atoms with Crippen LogP contribution < -0.4 is 5.69 Å². The van der Waals surface area contributed by atoms with Crippen LogP contribution in [-0.2, 0) is 26.2 Å². The minimum absolute atomic E-state index is 0.00180. The average Bonchev–Trinajstić information content (AvgIpc) is 2.90. The van der Waals surface area contributed by atoms with E-state index in [2.05, 4.69) is 56.0 Å². The molecule has 0 amide bonds. The quantitative estimate of drug-likeness (QED) is 0.742. The minimum atomic E-state index is -0.762. The van der Waals surface area contributed by atoms with Crippen LogP contribution in [0.15, 0.2) is 41.2 Å². The van der Waals surface area contributed by atoms with E-state index in [-0.39, 0.29) is 11.7 Å². The molecular weight excluding hydrogens is 362 g/mol. The van der Waals surface area contributed by atoms with E-state index in [9.17, 15) is 9.90 Å². The number of piperidine rings is 1. The number of fused-ring (bicyclic) bond motifs is 1. The van der Waals surface area contributed by atoms with Gasteiger partial charge in [0.25, 0.3) is 0 Å². The minimum Gasteiger partial charge on any atom is -0.385 e. The van der Waals surface area contributed by atoms with Crippen molar-refractivity contribution >= 4 is 11.0 Å². The normalized spacial score (nSPS) is 23.0. The average molecular weight is 394 g/mol. The highest BCUT2D eigenvalue weighted by molar-refractivity contribution is 5.76. The second kappa shape index (κ2) is 7.15. The Morgan fingerprint density at radius 3 is 2.45 bits per heavy atom. The molecule has 1 N–H and O–H groups in total. The molecule has 3 aromatic rings. The molecule has 2 heterocycles. The summed E-state index contributed by atoms with van der Waals surface area (Å²) in [6, 6.07) is 12.9. The zero-order chi connectivity index (χ0) is 20.9. The summed E-state index contributed by atoms with van der Waals surface area (Å²) in [7, 11) is 3.63. The van der Waals surface area contributed by atoms with Crippen molar-refractivity contribution in [2.24, 2.45) is 14.1 Å². The molecule has 0 aliphatic carbocycles. The lowest BCUT2D eigenvalue weighted by Crippen LogP contribution is -2.47. The van der Waals surface area contributed by atoms with Gasteiger partial charge in [0.2, 0.25) is 0 Å². The van der Waals surface area contributed by atoms with Crippen molar-refractivity contribution in [3.63, 3.8) is 0 Å². The van der Waals surface area contributed by atoms with E-state index in [0.29, 0.717) is 0 Å². The molecule has 1 fully saturated rings. The van der Waals surface area contributed by atoms with E-state index in [1.807, 2.05) is 20.2 Å². The van der Waals surface area contributed by atoms with Gasteiger partial charge in [-0.1, -0.05) is 24.3 Å². The number of hydrogen-bond donors (Lipinski definition) is 1. The predicted octanol–water partition coefficient (Wildman–Crippen LogP) is 3.37. The summed E-state index contributed by atoms with van der Waals surface area (Å²) in [6.45, 7) is 8.07. The molecule has 2 aromatic carbocycles. The molecule has 1 aromatic heterocycles. The second-order valence-corrected chi connectivity index (χ2v) is 8.83. The molecule has 0 saturated carbocycles. The third kappa shape index (κ3) is 3.43. The molecule has 1 saturated heterocycles. The lowest BCUT2D eigenvalue weighted by atomic mass is 9.80. The number of likely N-dealkylation sites (tertiary alicyclic amines) is 1. The molecule has 0 bridgehead atoms. The van der Waals surface area contributed by atoms with Gasteiger partial charge in [0, 0.05) is 33.2 Å². The van der Waals surface area contributed by atoms with Gasteiger partial charge in [-0.3, -0.25) is 14.0 Å². The fraction of sp³-hybridized carbons (Fsp3) is 0.458.